The van der Waals surface area contributed by atoms with E-state index in [1.165, 1.54) is 0 Å². The zero-order valence-corrected chi connectivity index (χ0v) is 18.8. The van der Waals surface area contributed by atoms with Gasteiger partial charge in [0, 0.05) is 74.4 Å². The highest BCUT2D eigenvalue weighted by molar-refractivity contribution is 5.87. The van der Waals surface area contributed by atoms with E-state index in [4.69, 9.17) is 0 Å². The van der Waals surface area contributed by atoms with Crippen LogP contribution in [0.2, 0.25) is 0 Å². The molecule has 1 aromatic carbocycles. The van der Waals surface area contributed by atoms with Crippen LogP contribution in [0.1, 0.15) is 0 Å². The van der Waals surface area contributed by atoms with Gasteiger partial charge < -0.3 is 0 Å². The van der Waals surface area contributed by atoms with Crippen molar-refractivity contribution in [3.05, 3.63) is 111 Å². The van der Waals surface area contributed by atoms with Crippen LogP contribution >= 0.6 is 0 Å². The summed E-state index contributed by atoms with van der Waals surface area (Å²) in [6.45, 7) is 0. The first-order valence-corrected chi connectivity index (χ1v) is 11.1. The lowest BCUT2D eigenvalue weighted by Gasteiger charge is -2.26. The fraction of sp³-hybridized carbons (Fsp3) is 0. The lowest BCUT2D eigenvalue weighted by molar-refractivity contribution is 0.740. The lowest BCUT2D eigenvalue weighted by Crippen LogP contribution is -2.21. The van der Waals surface area contributed by atoms with Crippen LogP contribution in [0.15, 0.2) is 111 Å². The summed E-state index contributed by atoms with van der Waals surface area (Å²) in [4.78, 5) is 0. The fourth-order valence-corrected chi connectivity index (χ4v) is 4.38. The van der Waals surface area contributed by atoms with E-state index >= 15 is 0 Å². The number of nitrogens with zero attached hydrogens (tertiary/aromatic N) is 12. The minimum atomic E-state index is 0.735. The Labute approximate surface area is 203 Å². The molecule has 0 aliphatic carbocycles. The zero-order chi connectivity index (χ0) is 23.9. The molecule has 0 saturated carbocycles. The van der Waals surface area contributed by atoms with E-state index in [0.29, 0.717) is 0 Å². The zero-order valence-electron chi connectivity index (χ0n) is 18.8. The van der Waals surface area contributed by atoms with E-state index in [9.17, 15) is 0 Å². The van der Waals surface area contributed by atoms with Crippen molar-refractivity contribution in [2.45, 2.75) is 0 Å². The molecule has 0 aliphatic rings. The molecule has 0 unspecified atom stereocenters. The van der Waals surface area contributed by atoms with Crippen molar-refractivity contribution in [2.24, 2.45) is 0 Å². The number of hydrogen-bond donors (Lipinski definition) is 0. The summed E-state index contributed by atoms with van der Waals surface area (Å²) in [6, 6.07) is 11.3. The molecule has 0 atom stereocenters. The molecule has 0 radical (unpaired) electrons. The maximum atomic E-state index is 4.62. The topological polar surface area (TPSA) is 107 Å². The van der Waals surface area contributed by atoms with Crippen molar-refractivity contribution in [3.8, 4) is 34.1 Å². The third kappa shape index (κ3) is 3.01. The molecule has 6 heterocycles. The van der Waals surface area contributed by atoms with Gasteiger partial charge in [0.1, 0.15) is 34.1 Å². The number of rotatable bonds is 6. The molecule has 7 rings (SSSR count). The average molecular weight is 474 g/mol. The number of aromatic nitrogens is 12. The van der Waals surface area contributed by atoms with Crippen LogP contribution in [0.3, 0.4) is 0 Å². The Morgan fingerprint density at radius 1 is 0.278 bits per heavy atom. The normalized spacial score (nSPS) is 11.3. The van der Waals surface area contributed by atoms with Gasteiger partial charge in [0.25, 0.3) is 0 Å². The van der Waals surface area contributed by atoms with Gasteiger partial charge in [-0.25, -0.2) is 28.1 Å². The molecule has 0 N–H and O–H groups in total. The summed E-state index contributed by atoms with van der Waals surface area (Å²) >= 11 is 0. The molecule has 7 aromatic rings. The summed E-state index contributed by atoms with van der Waals surface area (Å²) < 4.78 is 10.8. The summed E-state index contributed by atoms with van der Waals surface area (Å²) in [5.41, 5.74) is 4.41. The van der Waals surface area contributed by atoms with Crippen LogP contribution in [0.25, 0.3) is 34.1 Å². The van der Waals surface area contributed by atoms with Gasteiger partial charge in [-0.3, -0.25) is 0 Å². The molecule has 0 aliphatic heterocycles. The molecular weight excluding hydrogens is 456 g/mol. The van der Waals surface area contributed by atoms with Crippen molar-refractivity contribution in [1.82, 2.24) is 58.7 Å². The van der Waals surface area contributed by atoms with Crippen molar-refractivity contribution >= 4 is 0 Å². The van der Waals surface area contributed by atoms with Gasteiger partial charge in [0.05, 0.1) is 0 Å². The highest BCUT2D eigenvalue weighted by Crippen LogP contribution is 2.41. The van der Waals surface area contributed by atoms with E-state index in [1.54, 1.807) is 65.3 Å². The Morgan fingerprint density at radius 2 is 0.444 bits per heavy atom. The Balaban J connectivity index is 1.79. The molecule has 12 nitrogen and oxygen atoms in total. The summed E-state index contributed by atoms with van der Waals surface area (Å²) in [5, 5.41) is 27.7. The highest BCUT2D eigenvalue weighted by atomic mass is 15.4. The first-order chi connectivity index (χ1) is 17.9. The lowest BCUT2D eigenvalue weighted by atomic mass is 10.1. The summed E-state index contributed by atoms with van der Waals surface area (Å²) in [6.07, 6.45) is 21.8. The van der Waals surface area contributed by atoms with Crippen molar-refractivity contribution in [2.75, 3.05) is 0 Å². The molecule has 36 heavy (non-hydrogen) atoms. The SMILES string of the molecule is c1cnn(-c2c(-n3cccn3)c(-n3cccn3)c(-n3cccn3)c(-n3cccn3)c2-n2cccn2)c1. The standard InChI is InChI=1S/C24H18N12/c1-7-25-31(13-1)19-20(32-14-2-8-26-32)22(34-16-4-10-28-34)24(36-18-6-12-30-36)23(35-17-5-11-29-35)21(19)33-15-3-9-27-33/h1-18H. The molecule has 6 aromatic heterocycles. The predicted octanol–water partition coefficient (Wildman–Crippen LogP) is 2.80. The van der Waals surface area contributed by atoms with Gasteiger partial charge in [0.2, 0.25) is 0 Å². The van der Waals surface area contributed by atoms with Gasteiger partial charge in [-0.2, -0.15) is 30.6 Å². The van der Waals surface area contributed by atoms with E-state index in [-0.39, 0.29) is 0 Å². The minimum absolute atomic E-state index is 0.735. The van der Waals surface area contributed by atoms with E-state index in [1.807, 2.05) is 73.6 Å². The Bertz CT molecular complexity index is 1330. The van der Waals surface area contributed by atoms with Crippen LogP contribution in [-0.4, -0.2) is 58.7 Å². The van der Waals surface area contributed by atoms with Crippen molar-refractivity contribution in [1.29, 1.82) is 0 Å². The average Bonchev–Trinajstić information content (AvgIpc) is 3.78. The van der Waals surface area contributed by atoms with Gasteiger partial charge in [-0.15, -0.1) is 0 Å². The monoisotopic (exact) mass is 474 g/mol. The van der Waals surface area contributed by atoms with Crippen LogP contribution in [0.5, 0.6) is 0 Å². The molecule has 0 fully saturated rings. The summed E-state index contributed by atoms with van der Waals surface area (Å²) in [5.74, 6) is 0. The molecule has 174 valence electrons. The molecule has 0 spiro atoms. The fourth-order valence-electron chi connectivity index (χ4n) is 4.38. The smallest absolute Gasteiger partial charge is 0.121 e. The predicted molar refractivity (Wildman–Crippen MR) is 129 cm³/mol. The van der Waals surface area contributed by atoms with Gasteiger partial charge >= 0.3 is 0 Å². The maximum Gasteiger partial charge on any atom is 0.121 e. The first kappa shape index (κ1) is 19.9. The van der Waals surface area contributed by atoms with E-state index in [0.717, 1.165) is 34.1 Å². The van der Waals surface area contributed by atoms with Crippen LogP contribution in [0.4, 0.5) is 0 Å². The molecule has 12 heteroatoms. The Kier molecular flexibility index (Phi) is 4.45. The number of hydrogen-bond acceptors (Lipinski definition) is 6. The second-order valence-corrected chi connectivity index (χ2v) is 7.80. The van der Waals surface area contributed by atoms with E-state index in [2.05, 4.69) is 30.6 Å². The van der Waals surface area contributed by atoms with Gasteiger partial charge in [0.15, 0.2) is 0 Å². The molecule has 0 bridgehead atoms. The molecule has 0 saturated heterocycles. The van der Waals surface area contributed by atoms with Crippen LogP contribution < -0.4 is 0 Å². The van der Waals surface area contributed by atoms with Crippen molar-refractivity contribution < 1.29 is 0 Å². The maximum absolute atomic E-state index is 4.62. The largest absolute Gasteiger partial charge is 0.236 e. The Hall–Kier alpha value is -5.52. The molecule has 0 amide bonds. The van der Waals surface area contributed by atoms with Gasteiger partial charge in [-0.1, -0.05) is 0 Å². The second-order valence-electron chi connectivity index (χ2n) is 7.80. The van der Waals surface area contributed by atoms with E-state index < -0.39 is 0 Å². The Morgan fingerprint density at radius 3 is 0.556 bits per heavy atom. The minimum Gasteiger partial charge on any atom is -0.236 e. The first-order valence-electron chi connectivity index (χ1n) is 11.1. The quantitative estimate of drug-likeness (QED) is 0.367. The van der Waals surface area contributed by atoms with Crippen molar-refractivity contribution in [3.63, 3.8) is 0 Å². The summed E-state index contributed by atoms with van der Waals surface area (Å²) in [7, 11) is 0. The third-order valence-corrected chi connectivity index (χ3v) is 5.75. The number of benzene rings is 1. The van der Waals surface area contributed by atoms with Crippen LogP contribution in [-0.2, 0) is 0 Å². The molecular formula is C24H18N12. The second kappa shape index (κ2) is 8.06. The highest BCUT2D eigenvalue weighted by Gasteiger charge is 2.32. The third-order valence-electron chi connectivity index (χ3n) is 5.75. The van der Waals surface area contributed by atoms with Gasteiger partial charge in [-0.05, 0) is 36.4 Å². The van der Waals surface area contributed by atoms with Crippen LogP contribution in [0, 0.1) is 0 Å².